The molecule has 1 aromatic rings. The second kappa shape index (κ2) is 4.18. The Morgan fingerprint density at radius 3 is 2.40 bits per heavy atom. The lowest BCUT2D eigenvalue weighted by atomic mass is 9.86. The van der Waals surface area contributed by atoms with Crippen LogP contribution in [0.1, 0.15) is 55.6 Å². The molecule has 0 bridgehead atoms. The van der Waals surface area contributed by atoms with Crippen LogP contribution in [-0.4, -0.2) is 5.78 Å². The minimum Gasteiger partial charge on any atom is -0.294 e. The molecular formula is C14H20O. The third kappa shape index (κ3) is 2.11. The molecule has 1 nitrogen and oxygen atoms in total. The van der Waals surface area contributed by atoms with Crippen LogP contribution in [0.3, 0.4) is 0 Å². The van der Waals surface area contributed by atoms with Crippen molar-refractivity contribution in [2.75, 3.05) is 0 Å². The van der Waals surface area contributed by atoms with Gasteiger partial charge in [-0.25, -0.2) is 0 Å². The predicted octanol–water partition coefficient (Wildman–Crippen LogP) is 3.89. The van der Waals surface area contributed by atoms with Gasteiger partial charge in [0, 0.05) is 12.0 Å². The van der Waals surface area contributed by atoms with Gasteiger partial charge in [-0.3, -0.25) is 4.79 Å². The number of hydrogen-bond acceptors (Lipinski definition) is 1. The van der Waals surface area contributed by atoms with Crippen LogP contribution in [0.4, 0.5) is 0 Å². The van der Waals surface area contributed by atoms with Crippen LogP contribution in [0.2, 0.25) is 0 Å². The highest BCUT2D eigenvalue weighted by Crippen LogP contribution is 2.38. The number of Topliss-reactive ketones (excluding diaryl/α,β-unsaturated/α-hetero) is 1. The predicted molar refractivity (Wildman–Crippen MR) is 64.5 cm³/mol. The second-order valence-corrected chi connectivity index (χ2v) is 4.53. The van der Waals surface area contributed by atoms with Gasteiger partial charge in [0.05, 0.1) is 0 Å². The van der Waals surface area contributed by atoms with Gasteiger partial charge in [-0.2, -0.15) is 0 Å². The standard InChI is InChI=1S/C12H14O.C2H6/c1-8-4-5-10-9(6-8)11(13)7-12(10,2)3;1-2/h4-6H,7H2,1-3H3;1-2H3. The van der Waals surface area contributed by atoms with Crippen LogP contribution in [-0.2, 0) is 5.41 Å². The van der Waals surface area contributed by atoms with Crippen molar-refractivity contribution in [3.63, 3.8) is 0 Å². The van der Waals surface area contributed by atoms with Crippen LogP contribution < -0.4 is 0 Å². The van der Waals surface area contributed by atoms with Gasteiger partial charge in [-0.15, -0.1) is 0 Å². The van der Waals surface area contributed by atoms with Crippen LogP contribution in [0, 0.1) is 6.92 Å². The number of aryl methyl sites for hydroxylation is 1. The first-order valence-corrected chi connectivity index (χ1v) is 5.65. The molecule has 0 unspecified atom stereocenters. The smallest absolute Gasteiger partial charge is 0.164 e. The molecule has 0 atom stereocenters. The quantitative estimate of drug-likeness (QED) is 0.626. The zero-order valence-electron chi connectivity index (χ0n) is 10.3. The topological polar surface area (TPSA) is 17.1 Å². The van der Waals surface area contributed by atoms with E-state index in [1.165, 1.54) is 11.1 Å². The van der Waals surface area contributed by atoms with Crippen molar-refractivity contribution in [3.8, 4) is 0 Å². The van der Waals surface area contributed by atoms with Crippen molar-refractivity contribution in [2.45, 2.75) is 46.5 Å². The maximum absolute atomic E-state index is 11.6. The van der Waals surface area contributed by atoms with Gasteiger partial charge in [0.1, 0.15) is 0 Å². The van der Waals surface area contributed by atoms with Gasteiger partial charge in [0.15, 0.2) is 5.78 Å². The minimum atomic E-state index is 0.0418. The van der Waals surface area contributed by atoms with Gasteiger partial charge in [-0.05, 0) is 24.0 Å². The highest BCUT2D eigenvalue weighted by molar-refractivity contribution is 6.02. The zero-order chi connectivity index (χ0) is 11.6. The molecule has 82 valence electrons. The Balaban J connectivity index is 0.000000531. The zero-order valence-corrected chi connectivity index (χ0v) is 10.3. The number of hydrogen-bond donors (Lipinski definition) is 0. The maximum atomic E-state index is 11.6. The average molecular weight is 204 g/mol. The van der Waals surface area contributed by atoms with Gasteiger partial charge in [-0.1, -0.05) is 45.4 Å². The lowest BCUT2D eigenvalue weighted by Crippen LogP contribution is -2.12. The maximum Gasteiger partial charge on any atom is 0.164 e. The van der Waals surface area contributed by atoms with E-state index < -0.39 is 0 Å². The number of ketones is 1. The Bertz CT molecular complexity index is 375. The van der Waals surface area contributed by atoms with E-state index in [0.717, 1.165) is 5.56 Å². The Morgan fingerprint density at radius 2 is 1.80 bits per heavy atom. The van der Waals surface area contributed by atoms with Gasteiger partial charge in [0.2, 0.25) is 0 Å². The van der Waals surface area contributed by atoms with Gasteiger partial charge >= 0.3 is 0 Å². The minimum absolute atomic E-state index is 0.0418. The molecule has 0 amide bonds. The highest BCUT2D eigenvalue weighted by Gasteiger charge is 2.35. The molecule has 0 saturated heterocycles. The third-order valence-electron chi connectivity index (χ3n) is 2.81. The molecule has 1 aromatic carbocycles. The molecule has 0 radical (unpaired) electrons. The molecular weight excluding hydrogens is 184 g/mol. The fourth-order valence-electron chi connectivity index (χ4n) is 2.07. The van der Waals surface area contributed by atoms with E-state index in [-0.39, 0.29) is 5.41 Å². The molecule has 0 saturated carbocycles. The molecule has 15 heavy (non-hydrogen) atoms. The first kappa shape index (κ1) is 12.0. The fraction of sp³-hybridized carbons (Fsp3) is 0.500. The molecule has 0 fully saturated rings. The van der Waals surface area contributed by atoms with Crippen molar-refractivity contribution < 1.29 is 4.79 Å². The Morgan fingerprint density at radius 1 is 1.20 bits per heavy atom. The normalized spacial score (nSPS) is 16.7. The van der Waals surface area contributed by atoms with E-state index in [0.29, 0.717) is 12.2 Å². The first-order valence-electron chi connectivity index (χ1n) is 5.65. The van der Waals surface area contributed by atoms with Crippen molar-refractivity contribution in [2.24, 2.45) is 0 Å². The summed E-state index contributed by atoms with van der Waals surface area (Å²) in [6, 6.07) is 6.18. The average Bonchev–Trinajstić information content (AvgIpc) is 2.40. The van der Waals surface area contributed by atoms with E-state index in [1.807, 2.05) is 26.8 Å². The Hall–Kier alpha value is -1.11. The van der Waals surface area contributed by atoms with Gasteiger partial charge < -0.3 is 0 Å². The number of carbonyl (C=O) groups is 1. The van der Waals surface area contributed by atoms with E-state index in [9.17, 15) is 4.79 Å². The van der Waals surface area contributed by atoms with Gasteiger partial charge in [0.25, 0.3) is 0 Å². The fourth-order valence-corrected chi connectivity index (χ4v) is 2.07. The summed E-state index contributed by atoms with van der Waals surface area (Å²) in [7, 11) is 0. The monoisotopic (exact) mass is 204 g/mol. The second-order valence-electron chi connectivity index (χ2n) is 4.53. The van der Waals surface area contributed by atoms with Crippen molar-refractivity contribution >= 4 is 5.78 Å². The SMILES string of the molecule is CC.Cc1ccc2c(c1)C(=O)CC2(C)C. The van der Waals surface area contributed by atoms with Crippen LogP contribution in [0.15, 0.2) is 18.2 Å². The summed E-state index contributed by atoms with van der Waals surface area (Å²) < 4.78 is 0. The molecule has 2 rings (SSSR count). The Labute approximate surface area is 92.5 Å². The molecule has 0 aromatic heterocycles. The highest BCUT2D eigenvalue weighted by atomic mass is 16.1. The molecule has 0 heterocycles. The van der Waals surface area contributed by atoms with Crippen molar-refractivity contribution in [1.82, 2.24) is 0 Å². The van der Waals surface area contributed by atoms with E-state index in [4.69, 9.17) is 0 Å². The van der Waals surface area contributed by atoms with Crippen LogP contribution >= 0.6 is 0 Å². The van der Waals surface area contributed by atoms with Crippen LogP contribution in [0.25, 0.3) is 0 Å². The summed E-state index contributed by atoms with van der Waals surface area (Å²) >= 11 is 0. The molecule has 1 aliphatic rings. The summed E-state index contributed by atoms with van der Waals surface area (Å²) in [5.74, 6) is 0.295. The largest absolute Gasteiger partial charge is 0.294 e. The van der Waals surface area contributed by atoms with Crippen molar-refractivity contribution in [1.29, 1.82) is 0 Å². The lowest BCUT2D eigenvalue weighted by molar-refractivity contribution is 0.0979. The Kier molecular flexibility index (Phi) is 3.33. The summed E-state index contributed by atoms with van der Waals surface area (Å²) in [6.07, 6.45) is 0.659. The third-order valence-corrected chi connectivity index (χ3v) is 2.81. The molecule has 0 aliphatic heterocycles. The van der Waals surface area contributed by atoms with Crippen LogP contribution in [0.5, 0.6) is 0 Å². The van der Waals surface area contributed by atoms with E-state index >= 15 is 0 Å². The summed E-state index contributed by atoms with van der Waals surface area (Å²) in [6.45, 7) is 10.3. The summed E-state index contributed by atoms with van der Waals surface area (Å²) in [5.41, 5.74) is 3.36. The number of rotatable bonds is 0. The van der Waals surface area contributed by atoms with E-state index in [1.54, 1.807) is 0 Å². The number of fused-ring (bicyclic) bond motifs is 1. The summed E-state index contributed by atoms with van der Waals surface area (Å²) in [5, 5.41) is 0. The molecule has 0 N–H and O–H groups in total. The molecule has 0 spiro atoms. The van der Waals surface area contributed by atoms with Crippen molar-refractivity contribution in [3.05, 3.63) is 34.9 Å². The first-order chi connectivity index (χ1) is 7.00. The lowest BCUT2D eigenvalue weighted by Gasteiger charge is -2.17. The number of carbonyl (C=O) groups excluding carboxylic acids is 1. The molecule has 1 aliphatic carbocycles. The molecule has 1 heteroatoms. The number of benzene rings is 1. The summed E-state index contributed by atoms with van der Waals surface area (Å²) in [4.78, 5) is 11.6. The van der Waals surface area contributed by atoms with E-state index in [2.05, 4.69) is 26.0 Å².